The predicted molar refractivity (Wildman–Crippen MR) is 75.1 cm³/mol. The largest absolute Gasteiger partial charge is 0.506 e. The molecule has 100 valence electrons. The van der Waals surface area contributed by atoms with Gasteiger partial charge in [-0.1, -0.05) is 23.7 Å². The summed E-state index contributed by atoms with van der Waals surface area (Å²) in [4.78, 5) is 0. The van der Waals surface area contributed by atoms with Gasteiger partial charge in [-0.15, -0.1) is 0 Å². The molecule has 0 aromatic heterocycles. The zero-order valence-corrected chi connectivity index (χ0v) is 11.1. The Bertz CT molecular complexity index is 587. The van der Waals surface area contributed by atoms with Crippen LogP contribution in [-0.2, 0) is 6.54 Å². The zero-order chi connectivity index (χ0) is 13.8. The molecule has 0 saturated heterocycles. The first kappa shape index (κ1) is 13.4. The van der Waals surface area contributed by atoms with Crippen LogP contribution >= 0.6 is 11.6 Å². The van der Waals surface area contributed by atoms with Crippen LogP contribution in [0.1, 0.15) is 5.56 Å². The van der Waals surface area contributed by atoms with E-state index in [1.807, 2.05) is 0 Å². The highest BCUT2D eigenvalue weighted by atomic mass is 35.5. The van der Waals surface area contributed by atoms with Gasteiger partial charge in [0.25, 0.3) is 0 Å². The van der Waals surface area contributed by atoms with Gasteiger partial charge in [0.15, 0.2) is 11.5 Å². The lowest BCUT2D eigenvalue weighted by atomic mass is 10.2. The third-order valence-corrected chi connectivity index (χ3v) is 3.04. The van der Waals surface area contributed by atoms with Crippen molar-refractivity contribution in [2.24, 2.45) is 0 Å². The molecule has 0 saturated carbocycles. The highest BCUT2D eigenvalue weighted by molar-refractivity contribution is 6.32. The normalized spacial score (nSPS) is 10.2. The summed E-state index contributed by atoms with van der Waals surface area (Å²) < 4.78 is 5.04. The van der Waals surface area contributed by atoms with Crippen LogP contribution in [0.15, 0.2) is 36.4 Å². The summed E-state index contributed by atoms with van der Waals surface area (Å²) in [6.45, 7) is 0.421. The fraction of sp³-hybridized carbons (Fsp3) is 0.143. The van der Waals surface area contributed by atoms with Crippen LogP contribution < -0.4 is 10.1 Å². The summed E-state index contributed by atoms with van der Waals surface area (Å²) in [5, 5.41) is 22.6. The van der Waals surface area contributed by atoms with Crippen molar-refractivity contribution in [3.05, 3.63) is 47.0 Å². The van der Waals surface area contributed by atoms with E-state index in [0.29, 0.717) is 17.9 Å². The van der Waals surface area contributed by atoms with Crippen molar-refractivity contribution in [2.45, 2.75) is 6.54 Å². The van der Waals surface area contributed by atoms with Gasteiger partial charge in [-0.05, 0) is 24.3 Å². The Hall–Kier alpha value is -2.07. The number of para-hydroxylation sites is 1. The smallest absolute Gasteiger partial charge is 0.162 e. The molecule has 2 rings (SSSR count). The molecule has 0 aliphatic heterocycles. The summed E-state index contributed by atoms with van der Waals surface area (Å²) in [5.41, 5.74) is 1.47. The summed E-state index contributed by atoms with van der Waals surface area (Å²) in [6.07, 6.45) is 0. The van der Waals surface area contributed by atoms with Crippen molar-refractivity contribution in [3.63, 3.8) is 0 Å². The predicted octanol–water partition coefficient (Wildman–Crippen LogP) is 3.37. The zero-order valence-electron chi connectivity index (χ0n) is 10.4. The second kappa shape index (κ2) is 5.71. The number of aromatic hydroxyl groups is 2. The highest BCUT2D eigenvalue weighted by Gasteiger charge is 2.07. The van der Waals surface area contributed by atoms with Gasteiger partial charge in [0.05, 0.1) is 12.1 Å². The first-order valence-electron chi connectivity index (χ1n) is 5.69. The van der Waals surface area contributed by atoms with Gasteiger partial charge in [-0.3, -0.25) is 0 Å². The minimum absolute atomic E-state index is 0.0384. The van der Waals surface area contributed by atoms with Crippen LogP contribution in [0.5, 0.6) is 17.2 Å². The molecule has 0 fully saturated rings. The second-order valence-corrected chi connectivity index (χ2v) is 4.39. The van der Waals surface area contributed by atoms with E-state index in [1.54, 1.807) is 30.3 Å². The van der Waals surface area contributed by atoms with Crippen molar-refractivity contribution in [2.75, 3.05) is 12.4 Å². The van der Waals surface area contributed by atoms with E-state index in [1.165, 1.54) is 13.2 Å². The van der Waals surface area contributed by atoms with Crippen molar-refractivity contribution in [1.29, 1.82) is 0 Å². The number of nitrogens with one attached hydrogen (secondary N) is 1. The average molecular weight is 280 g/mol. The van der Waals surface area contributed by atoms with E-state index in [9.17, 15) is 10.2 Å². The van der Waals surface area contributed by atoms with Crippen LogP contribution in [0, 0.1) is 0 Å². The Kier molecular flexibility index (Phi) is 4.02. The molecule has 0 heterocycles. The molecule has 2 aromatic rings. The number of phenolic OH excluding ortho intramolecular Hbond substituents is 2. The molecular formula is C14H14ClNO3. The minimum Gasteiger partial charge on any atom is -0.506 e. The lowest BCUT2D eigenvalue weighted by molar-refractivity contribution is 0.371. The molecule has 0 spiro atoms. The van der Waals surface area contributed by atoms with Gasteiger partial charge in [0.1, 0.15) is 5.75 Å². The van der Waals surface area contributed by atoms with E-state index in [-0.39, 0.29) is 16.5 Å². The average Bonchev–Trinajstić information content (AvgIpc) is 2.41. The number of rotatable bonds is 4. The lowest BCUT2D eigenvalue weighted by Crippen LogP contribution is -2.00. The van der Waals surface area contributed by atoms with Crippen molar-refractivity contribution >= 4 is 17.3 Å². The van der Waals surface area contributed by atoms with Crippen molar-refractivity contribution in [1.82, 2.24) is 0 Å². The number of hydrogen-bond donors (Lipinski definition) is 3. The topological polar surface area (TPSA) is 61.7 Å². The first-order chi connectivity index (χ1) is 9.11. The summed E-state index contributed by atoms with van der Waals surface area (Å²) in [7, 11) is 1.51. The molecule has 0 amide bonds. The summed E-state index contributed by atoms with van der Waals surface area (Å²) in [5.74, 6) is 0.585. The van der Waals surface area contributed by atoms with E-state index >= 15 is 0 Å². The Morgan fingerprint density at radius 2 is 2.00 bits per heavy atom. The van der Waals surface area contributed by atoms with Crippen molar-refractivity contribution < 1.29 is 14.9 Å². The lowest BCUT2D eigenvalue weighted by Gasteiger charge is -2.11. The molecule has 3 N–H and O–H groups in total. The van der Waals surface area contributed by atoms with Gasteiger partial charge >= 0.3 is 0 Å². The van der Waals surface area contributed by atoms with Gasteiger partial charge < -0.3 is 20.3 Å². The molecule has 0 bridgehead atoms. The number of methoxy groups -OCH3 is 1. The first-order valence-corrected chi connectivity index (χ1v) is 6.07. The summed E-state index contributed by atoms with van der Waals surface area (Å²) >= 11 is 5.82. The highest BCUT2D eigenvalue weighted by Crippen LogP contribution is 2.30. The molecule has 0 aliphatic rings. The molecule has 0 radical (unpaired) electrons. The Balaban J connectivity index is 2.12. The maximum atomic E-state index is 9.93. The SMILES string of the molecule is COc1cccc(CNc2ccc(O)c(Cl)c2)c1O. The maximum absolute atomic E-state index is 9.93. The van der Waals surface area contributed by atoms with E-state index < -0.39 is 0 Å². The van der Waals surface area contributed by atoms with Crippen molar-refractivity contribution in [3.8, 4) is 17.2 Å². The van der Waals surface area contributed by atoms with Gasteiger partial charge in [-0.25, -0.2) is 0 Å². The minimum atomic E-state index is 0.0384. The van der Waals surface area contributed by atoms with Gasteiger partial charge in [-0.2, -0.15) is 0 Å². The van der Waals surface area contributed by atoms with Gasteiger partial charge in [0, 0.05) is 17.8 Å². The second-order valence-electron chi connectivity index (χ2n) is 3.99. The maximum Gasteiger partial charge on any atom is 0.162 e. The standard InChI is InChI=1S/C14H14ClNO3/c1-19-13-4-2-3-9(14(13)18)8-16-10-5-6-12(17)11(15)7-10/h2-7,16-18H,8H2,1H3. The third kappa shape index (κ3) is 3.03. The Labute approximate surface area is 116 Å². The molecule has 0 aliphatic carbocycles. The fourth-order valence-corrected chi connectivity index (χ4v) is 1.87. The van der Waals surface area contributed by atoms with Gasteiger partial charge in [0.2, 0.25) is 0 Å². The summed E-state index contributed by atoms with van der Waals surface area (Å²) in [6, 6.07) is 10.1. The van der Waals surface area contributed by atoms with E-state index in [0.717, 1.165) is 5.69 Å². The molecule has 4 nitrogen and oxygen atoms in total. The molecular weight excluding hydrogens is 266 g/mol. The number of benzene rings is 2. The van der Waals surface area contributed by atoms with E-state index in [2.05, 4.69) is 5.32 Å². The molecule has 0 atom stereocenters. The number of phenols is 2. The molecule has 2 aromatic carbocycles. The number of anilines is 1. The number of hydrogen-bond acceptors (Lipinski definition) is 4. The molecule has 19 heavy (non-hydrogen) atoms. The molecule has 5 heteroatoms. The molecule has 0 unspecified atom stereocenters. The number of halogens is 1. The Morgan fingerprint density at radius 1 is 1.21 bits per heavy atom. The Morgan fingerprint density at radius 3 is 2.68 bits per heavy atom. The number of ether oxygens (including phenoxy) is 1. The van der Waals surface area contributed by atoms with Crippen LogP contribution in [0.4, 0.5) is 5.69 Å². The van der Waals surface area contributed by atoms with Crippen LogP contribution in [0.25, 0.3) is 0 Å². The monoisotopic (exact) mass is 279 g/mol. The van der Waals surface area contributed by atoms with E-state index in [4.69, 9.17) is 16.3 Å². The third-order valence-electron chi connectivity index (χ3n) is 2.73. The van der Waals surface area contributed by atoms with Crippen LogP contribution in [-0.4, -0.2) is 17.3 Å². The quantitative estimate of drug-likeness (QED) is 0.751. The van der Waals surface area contributed by atoms with Crippen LogP contribution in [0.2, 0.25) is 5.02 Å². The fourth-order valence-electron chi connectivity index (χ4n) is 1.69. The van der Waals surface area contributed by atoms with Crippen LogP contribution in [0.3, 0.4) is 0 Å².